The first-order chi connectivity index (χ1) is 12.7. The van der Waals surface area contributed by atoms with E-state index < -0.39 is 42.5 Å². The molecule has 1 N–H and O–H groups in total. The Morgan fingerprint density at radius 3 is 2.48 bits per heavy atom. The van der Waals surface area contributed by atoms with Crippen LogP contribution in [0.4, 0.5) is 4.39 Å². The summed E-state index contributed by atoms with van der Waals surface area (Å²) in [4.78, 5) is -0.0432. The van der Waals surface area contributed by atoms with Crippen molar-refractivity contribution < 1.29 is 21.2 Å². The highest BCUT2D eigenvalue weighted by molar-refractivity contribution is 7.96. The Morgan fingerprint density at radius 1 is 1.11 bits per heavy atom. The van der Waals surface area contributed by atoms with E-state index in [9.17, 15) is 21.2 Å². The fourth-order valence-corrected chi connectivity index (χ4v) is 8.13. The van der Waals surface area contributed by atoms with Crippen molar-refractivity contribution in [2.24, 2.45) is 0 Å². The van der Waals surface area contributed by atoms with Crippen LogP contribution < -0.4 is 5.32 Å². The molecule has 2 aromatic carbocycles. The summed E-state index contributed by atoms with van der Waals surface area (Å²) in [6, 6.07) is 12.5. The van der Waals surface area contributed by atoms with E-state index in [-0.39, 0.29) is 16.2 Å². The maximum Gasteiger partial charge on any atom is 0.183 e. The molecule has 1 saturated heterocycles. The van der Waals surface area contributed by atoms with Gasteiger partial charge in [0.1, 0.15) is 5.82 Å². The third-order valence-electron chi connectivity index (χ3n) is 4.82. The van der Waals surface area contributed by atoms with E-state index in [1.807, 2.05) is 30.3 Å². The Hall–Kier alpha value is -1.77. The van der Waals surface area contributed by atoms with Crippen molar-refractivity contribution in [1.82, 2.24) is 5.32 Å². The molecule has 3 rings (SSSR count). The zero-order valence-corrected chi connectivity index (χ0v) is 16.6. The molecule has 0 unspecified atom stereocenters. The van der Waals surface area contributed by atoms with E-state index in [1.165, 1.54) is 19.1 Å². The average Bonchev–Trinajstić information content (AvgIpc) is 2.93. The van der Waals surface area contributed by atoms with Crippen molar-refractivity contribution in [1.29, 1.82) is 0 Å². The van der Waals surface area contributed by atoms with E-state index in [4.69, 9.17) is 0 Å². The summed E-state index contributed by atoms with van der Waals surface area (Å²) in [5.41, 5.74) is 1.30. The lowest BCUT2D eigenvalue weighted by Crippen LogP contribution is -2.44. The van der Waals surface area contributed by atoms with Crippen LogP contribution in [0.15, 0.2) is 53.4 Å². The number of rotatable bonds is 6. The van der Waals surface area contributed by atoms with Gasteiger partial charge in [-0.2, -0.15) is 0 Å². The minimum absolute atomic E-state index is 0.0432. The third-order valence-corrected chi connectivity index (χ3v) is 8.97. The second-order valence-corrected chi connectivity index (χ2v) is 11.2. The molecule has 1 aliphatic rings. The van der Waals surface area contributed by atoms with Crippen LogP contribution in [0.2, 0.25) is 0 Å². The molecule has 0 bridgehead atoms. The SMILES string of the molecule is Cc1cc(S(=O)(=O)[C@@H]2CS(=O)(=O)C[C@H]2NCCc2ccccc2)ccc1F. The molecule has 146 valence electrons. The number of benzene rings is 2. The van der Waals surface area contributed by atoms with Gasteiger partial charge in [0.2, 0.25) is 0 Å². The predicted molar refractivity (Wildman–Crippen MR) is 103 cm³/mol. The Morgan fingerprint density at radius 2 is 1.81 bits per heavy atom. The average molecular weight is 412 g/mol. The third kappa shape index (κ3) is 4.56. The summed E-state index contributed by atoms with van der Waals surface area (Å²) < 4.78 is 63.7. The van der Waals surface area contributed by atoms with Crippen LogP contribution in [0.3, 0.4) is 0 Å². The minimum atomic E-state index is -3.90. The van der Waals surface area contributed by atoms with Gasteiger partial charge in [-0.3, -0.25) is 0 Å². The molecule has 0 radical (unpaired) electrons. The summed E-state index contributed by atoms with van der Waals surface area (Å²) >= 11 is 0. The molecule has 8 heteroatoms. The van der Waals surface area contributed by atoms with E-state index in [0.717, 1.165) is 11.6 Å². The first-order valence-electron chi connectivity index (χ1n) is 8.67. The summed E-state index contributed by atoms with van der Waals surface area (Å²) in [6.07, 6.45) is 0.666. The molecule has 0 saturated carbocycles. The molecule has 0 amide bonds. The summed E-state index contributed by atoms with van der Waals surface area (Å²) in [7, 11) is -7.37. The summed E-state index contributed by atoms with van der Waals surface area (Å²) in [5.74, 6) is -1.13. The monoisotopic (exact) mass is 411 g/mol. The normalized spacial score (nSPS) is 22.0. The second-order valence-electron chi connectivity index (χ2n) is 6.87. The lowest BCUT2D eigenvalue weighted by molar-refractivity contribution is 0.528. The lowest BCUT2D eigenvalue weighted by Gasteiger charge is -2.20. The Labute approximate surface area is 159 Å². The Kier molecular flexibility index (Phi) is 5.69. The number of hydrogen-bond donors (Lipinski definition) is 1. The lowest BCUT2D eigenvalue weighted by atomic mass is 10.1. The van der Waals surface area contributed by atoms with Crippen LogP contribution in [0.1, 0.15) is 11.1 Å². The van der Waals surface area contributed by atoms with Crippen LogP contribution in [-0.4, -0.2) is 46.2 Å². The van der Waals surface area contributed by atoms with Crippen LogP contribution in [-0.2, 0) is 26.1 Å². The van der Waals surface area contributed by atoms with Gasteiger partial charge in [-0.05, 0) is 49.2 Å². The highest BCUT2D eigenvalue weighted by Gasteiger charge is 2.45. The molecule has 27 heavy (non-hydrogen) atoms. The highest BCUT2D eigenvalue weighted by atomic mass is 32.2. The fourth-order valence-electron chi connectivity index (χ4n) is 3.33. The molecule has 0 aromatic heterocycles. The molecular weight excluding hydrogens is 389 g/mol. The minimum Gasteiger partial charge on any atom is -0.311 e. The van der Waals surface area contributed by atoms with Gasteiger partial charge in [0.15, 0.2) is 19.7 Å². The van der Waals surface area contributed by atoms with E-state index in [2.05, 4.69) is 5.32 Å². The zero-order chi connectivity index (χ0) is 19.7. The van der Waals surface area contributed by atoms with Gasteiger partial charge in [0, 0.05) is 6.04 Å². The van der Waals surface area contributed by atoms with Crippen molar-refractivity contribution in [3.63, 3.8) is 0 Å². The number of nitrogens with one attached hydrogen (secondary N) is 1. The molecule has 1 aliphatic heterocycles. The largest absolute Gasteiger partial charge is 0.311 e. The molecule has 1 heterocycles. The van der Waals surface area contributed by atoms with Gasteiger partial charge >= 0.3 is 0 Å². The van der Waals surface area contributed by atoms with E-state index >= 15 is 0 Å². The van der Waals surface area contributed by atoms with Gasteiger partial charge in [0.05, 0.1) is 21.7 Å². The summed E-state index contributed by atoms with van der Waals surface area (Å²) in [6.45, 7) is 1.95. The van der Waals surface area contributed by atoms with E-state index in [0.29, 0.717) is 13.0 Å². The quantitative estimate of drug-likeness (QED) is 0.735. The van der Waals surface area contributed by atoms with Crippen LogP contribution in [0.25, 0.3) is 0 Å². The van der Waals surface area contributed by atoms with Gasteiger partial charge in [-0.25, -0.2) is 21.2 Å². The molecule has 5 nitrogen and oxygen atoms in total. The first-order valence-corrected chi connectivity index (χ1v) is 12.0. The molecule has 1 fully saturated rings. The van der Waals surface area contributed by atoms with Crippen molar-refractivity contribution in [2.75, 3.05) is 18.1 Å². The number of sulfone groups is 2. The first kappa shape index (κ1) is 20.0. The predicted octanol–water partition coefficient (Wildman–Crippen LogP) is 1.91. The Balaban J connectivity index is 1.79. The maximum atomic E-state index is 13.5. The van der Waals surface area contributed by atoms with Gasteiger partial charge in [-0.1, -0.05) is 30.3 Å². The van der Waals surface area contributed by atoms with Gasteiger partial charge < -0.3 is 5.32 Å². The number of halogens is 1. The standard InChI is InChI=1S/C19H22FNO4S2/c1-14-11-16(7-8-17(14)20)27(24,25)19-13-26(22,23)12-18(19)21-10-9-15-5-3-2-4-6-15/h2-8,11,18-19,21H,9-10,12-13H2,1H3/t18-,19-/m1/s1. The molecule has 0 spiro atoms. The topological polar surface area (TPSA) is 80.3 Å². The van der Waals surface area contributed by atoms with Crippen LogP contribution in [0.5, 0.6) is 0 Å². The van der Waals surface area contributed by atoms with E-state index in [1.54, 1.807) is 0 Å². The number of hydrogen-bond acceptors (Lipinski definition) is 5. The van der Waals surface area contributed by atoms with Crippen molar-refractivity contribution in [3.8, 4) is 0 Å². The highest BCUT2D eigenvalue weighted by Crippen LogP contribution is 2.27. The molecule has 2 atom stereocenters. The van der Waals surface area contributed by atoms with Crippen molar-refractivity contribution in [2.45, 2.75) is 29.5 Å². The zero-order valence-electron chi connectivity index (χ0n) is 14.9. The number of aryl methyl sites for hydroxylation is 1. The molecule has 2 aromatic rings. The van der Waals surface area contributed by atoms with Crippen LogP contribution in [0, 0.1) is 12.7 Å². The van der Waals surface area contributed by atoms with Crippen LogP contribution >= 0.6 is 0 Å². The van der Waals surface area contributed by atoms with Crippen molar-refractivity contribution in [3.05, 3.63) is 65.5 Å². The Bertz CT molecular complexity index is 1020. The molecule has 0 aliphatic carbocycles. The summed E-state index contributed by atoms with van der Waals surface area (Å²) in [5, 5.41) is 2.02. The van der Waals surface area contributed by atoms with Gasteiger partial charge in [-0.15, -0.1) is 0 Å². The molecular formula is C19H22FNO4S2. The van der Waals surface area contributed by atoms with Crippen molar-refractivity contribution >= 4 is 19.7 Å². The maximum absolute atomic E-state index is 13.5. The smallest absolute Gasteiger partial charge is 0.183 e. The second kappa shape index (κ2) is 7.69. The fraction of sp³-hybridized carbons (Fsp3) is 0.368. The van der Waals surface area contributed by atoms with Gasteiger partial charge in [0.25, 0.3) is 0 Å².